The molecule has 0 aromatic heterocycles. The summed E-state index contributed by atoms with van der Waals surface area (Å²) in [7, 11) is 1.62. The Bertz CT molecular complexity index is 820. The van der Waals surface area contributed by atoms with E-state index in [1.54, 1.807) is 12.0 Å². The van der Waals surface area contributed by atoms with Crippen molar-refractivity contribution in [1.82, 2.24) is 0 Å². The minimum atomic E-state index is -0.110. The summed E-state index contributed by atoms with van der Waals surface area (Å²) in [5, 5.41) is 0. The molecule has 0 atom stereocenters. The maximum atomic E-state index is 12.7. The zero-order chi connectivity index (χ0) is 16.4. The van der Waals surface area contributed by atoms with Crippen LogP contribution in [-0.2, 0) is 4.79 Å². The standard InChI is InChI=1S/C17H12BrNO2S2/c1-21-14-7-2-4-11(8-14)9-15-16(20)19(17(22)23-15)13-6-3-5-12(18)10-13/h2-10H,1H3/b15-9-. The molecule has 23 heavy (non-hydrogen) atoms. The molecule has 2 aromatic carbocycles. The minimum absolute atomic E-state index is 0.110. The first-order valence-corrected chi connectivity index (χ1v) is 8.78. The first-order valence-electron chi connectivity index (χ1n) is 6.76. The highest BCUT2D eigenvalue weighted by Gasteiger charge is 2.33. The Morgan fingerprint density at radius 2 is 2.00 bits per heavy atom. The second-order valence-corrected chi connectivity index (χ2v) is 7.37. The number of rotatable bonds is 3. The molecule has 1 amide bonds. The Morgan fingerprint density at radius 1 is 1.22 bits per heavy atom. The third-order valence-electron chi connectivity index (χ3n) is 3.25. The van der Waals surface area contributed by atoms with Gasteiger partial charge in [0.2, 0.25) is 0 Å². The lowest BCUT2D eigenvalue weighted by molar-refractivity contribution is -0.113. The van der Waals surface area contributed by atoms with E-state index >= 15 is 0 Å². The predicted molar refractivity (Wildman–Crippen MR) is 103 cm³/mol. The van der Waals surface area contributed by atoms with E-state index in [9.17, 15) is 4.79 Å². The Kier molecular flexibility index (Phi) is 4.84. The molecule has 1 fully saturated rings. The van der Waals surface area contributed by atoms with Crippen molar-refractivity contribution in [2.24, 2.45) is 0 Å². The van der Waals surface area contributed by atoms with Gasteiger partial charge in [0.1, 0.15) is 5.75 Å². The highest BCUT2D eigenvalue weighted by Crippen LogP contribution is 2.36. The number of methoxy groups -OCH3 is 1. The summed E-state index contributed by atoms with van der Waals surface area (Å²) in [6.45, 7) is 0. The van der Waals surface area contributed by atoms with Gasteiger partial charge in [-0.05, 0) is 42.0 Å². The third kappa shape index (κ3) is 3.49. The van der Waals surface area contributed by atoms with E-state index in [4.69, 9.17) is 17.0 Å². The summed E-state index contributed by atoms with van der Waals surface area (Å²) < 4.78 is 6.64. The number of amides is 1. The van der Waals surface area contributed by atoms with Crippen LogP contribution in [0, 0.1) is 0 Å². The average Bonchev–Trinajstić information content (AvgIpc) is 2.81. The normalized spacial score (nSPS) is 16.3. The van der Waals surface area contributed by atoms with Gasteiger partial charge in [0.05, 0.1) is 17.7 Å². The van der Waals surface area contributed by atoms with Gasteiger partial charge in [0.15, 0.2) is 4.32 Å². The topological polar surface area (TPSA) is 29.5 Å². The molecular formula is C17H12BrNO2S2. The van der Waals surface area contributed by atoms with Gasteiger partial charge in [0.25, 0.3) is 5.91 Å². The number of nitrogens with zero attached hydrogens (tertiary/aromatic N) is 1. The number of benzene rings is 2. The van der Waals surface area contributed by atoms with Crippen molar-refractivity contribution in [3.05, 3.63) is 63.5 Å². The molecule has 1 saturated heterocycles. The number of carbonyl (C=O) groups is 1. The molecule has 0 aliphatic carbocycles. The predicted octanol–water partition coefficient (Wildman–Crippen LogP) is 4.86. The maximum absolute atomic E-state index is 12.7. The zero-order valence-electron chi connectivity index (χ0n) is 12.2. The second-order valence-electron chi connectivity index (χ2n) is 4.77. The van der Waals surface area contributed by atoms with Crippen LogP contribution in [0.2, 0.25) is 0 Å². The van der Waals surface area contributed by atoms with E-state index in [1.807, 2.05) is 54.6 Å². The smallest absolute Gasteiger partial charge is 0.270 e. The van der Waals surface area contributed by atoms with E-state index < -0.39 is 0 Å². The summed E-state index contributed by atoms with van der Waals surface area (Å²) in [6, 6.07) is 15.1. The molecule has 1 heterocycles. The summed E-state index contributed by atoms with van der Waals surface area (Å²) in [5.41, 5.74) is 1.66. The number of hydrogen-bond donors (Lipinski definition) is 0. The van der Waals surface area contributed by atoms with E-state index in [2.05, 4.69) is 15.9 Å². The van der Waals surface area contributed by atoms with Crippen molar-refractivity contribution in [2.45, 2.75) is 0 Å². The fraction of sp³-hybridized carbons (Fsp3) is 0.0588. The first-order chi connectivity index (χ1) is 11.1. The van der Waals surface area contributed by atoms with Gasteiger partial charge in [-0.3, -0.25) is 9.69 Å². The Balaban J connectivity index is 1.93. The molecule has 3 nitrogen and oxygen atoms in total. The molecule has 3 rings (SSSR count). The molecule has 0 unspecified atom stereocenters. The maximum Gasteiger partial charge on any atom is 0.270 e. The lowest BCUT2D eigenvalue weighted by atomic mass is 10.2. The molecule has 0 saturated carbocycles. The molecule has 0 radical (unpaired) electrons. The lowest BCUT2D eigenvalue weighted by Gasteiger charge is -2.14. The number of hydrogen-bond acceptors (Lipinski definition) is 4. The monoisotopic (exact) mass is 405 g/mol. The van der Waals surface area contributed by atoms with Crippen LogP contribution in [0.1, 0.15) is 5.56 Å². The summed E-state index contributed by atoms with van der Waals surface area (Å²) in [4.78, 5) is 14.8. The van der Waals surface area contributed by atoms with E-state index in [0.717, 1.165) is 21.5 Å². The molecule has 116 valence electrons. The van der Waals surface area contributed by atoms with Crippen molar-refractivity contribution >= 4 is 61.9 Å². The fourth-order valence-electron chi connectivity index (χ4n) is 2.19. The van der Waals surface area contributed by atoms with Gasteiger partial charge in [-0.2, -0.15) is 0 Å². The van der Waals surface area contributed by atoms with Gasteiger partial charge in [-0.1, -0.05) is 58.1 Å². The number of halogens is 1. The Labute approximate surface area is 152 Å². The van der Waals surface area contributed by atoms with Crippen molar-refractivity contribution in [3.8, 4) is 5.75 Å². The van der Waals surface area contributed by atoms with Crippen LogP contribution in [0.15, 0.2) is 57.9 Å². The van der Waals surface area contributed by atoms with Crippen LogP contribution in [0.25, 0.3) is 6.08 Å². The molecule has 1 aliphatic heterocycles. The van der Waals surface area contributed by atoms with Crippen molar-refractivity contribution in [1.29, 1.82) is 0 Å². The summed E-state index contributed by atoms with van der Waals surface area (Å²) >= 11 is 10.1. The van der Waals surface area contributed by atoms with Crippen LogP contribution < -0.4 is 9.64 Å². The van der Waals surface area contributed by atoms with E-state index in [-0.39, 0.29) is 5.91 Å². The number of thiocarbonyl (C=S) groups is 1. The lowest BCUT2D eigenvalue weighted by Crippen LogP contribution is -2.27. The minimum Gasteiger partial charge on any atom is -0.497 e. The largest absolute Gasteiger partial charge is 0.497 e. The van der Waals surface area contributed by atoms with Crippen molar-refractivity contribution in [2.75, 3.05) is 12.0 Å². The van der Waals surface area contributed by atoms with Gasteiger partial charge < -0.3 is 4.74 Å². The van der Waals surface area contributed by atoms with E-state index in [0.29, 0.717) is 9.23 Å². The number of thioether (sulfide) groups is 1. The third-order valence-corrected chi connectivity index (χ3v) is 5.05. The van der Waals surface area contributed by atoms with Crippen molar-refractivity contribution in [3.63, 3.8) is 0 Å². The Hall–Kier alpha value is -1.63. The molecule has 1 aliphatic rings. The Morgan fingerprint density at radius 3 is 2.74 bits per heavy atom. The molecule has 0 bridgehead atoms. The van der Waals surface area contributed by atoms with Crippen LogP contribution in [-0.4, -0.2) is 17.3 Å². The molecule has 2 aromatic rings. The zero-order valence-corrected chi connectivity index (χ0v) is 15.4. The first kappa shape index (κ1) is 16.2. The number of carbonyl (C=O) groups excluding carboxylic acids is 1. The van der Waals surface area contributed by atoms with Crippen LogP contribution in [0.3, 0.4) is 0 Å². The van der Waals surface area contributed by atoms with Gasteiger partial charge in [-0.15, -0.1) is 0 Å². The average molecular weight is 406 g/mol. The van der Waals surface area contributed by atoms with Gasteiger partial charge in [0, 0.05) is 4.47 Å². The second kappa shape index (κ2) is 6.86. The number of anilines is 1. The SMILES string of the molecule is COc1cccc(/C=C2\SC(=S)N(c3cccc(Br)c3)C2=O)c1. The summed E-state index contributed by atoms with van der Waals surface area (Å²) in [6.07, 6.45) is 1.83. The summed E-state index contributed by atoms with van der Waals surface area (Å²) in [5.74, 6) is 0.641. The molecular weight excluding hydrogens is 394 g/mol. The molecule has 0 spiro atoms. The van der Waals surface area contributed by atoms with E-state index in [1.165, 1.54) is 11.8 Å². The van der Waals surface area contributed by atoms with Crippen LogP contribution in [0.4, 0.5) is 5.69 Å². The van der Waals surface area contributed by atoms with Crippen LogP contribution >= 0.6 is 39.9 Å². The molecule has 6 heteroatoms. The van der Waals surface area contributed by atoms with Gasteiger partial charge in [-0.25, -0.2) is 0 Å². The highest BCUT2D eigenvalue weighted by atomic mass is 79.9. The quantitative estimate of drug-likeness (QED) is 0.538. The van der Waals surface area contributed by atoms with Gasteiger partial charge >= 0.3 is 0 Å². The molecule has 0 N–H and O–H groups in total. The fourth-order valence-corrected chi connectivity index (χ4v) is 3.87. The van der Waals surface area contributed by atoms with Crippen molar-refractivity contribution < 1.29 is 9.53 Å². The van der Waals surface area contributed by atoms with Crippen LogP contribution in [0.5, 0.6) is 5.75 Å². The number of ether oxygens (including phenoxy) is 1. The highest BCUT2D eigenvalue weighted by molar-refractivity contribution is 9.10.